The van der Waals surface area contributed by atoms with Gasteiger partial charge in [-0.3, -0.25) is 19.7 Å². The Labute approximate surface area is 325 Å². The number of halogens is 2. The number of benzene rings is 2. The summed E-state index contributed by atoms with van der Waals surface area (Å²) in [5, 5.41) is 13.0. The van der Waals surface area contributed by atoms with Crippen LogP contribution in [0.25, 0.3) is 33.3 Å². The van der Waals surface area contributed by atoms with E-state index in [1.807, 2.05) is 28.3 Å². The standard InChI is InChI=1S/C39H44F2N10O6/c1-6-47-19-26(34(53)24-15-27(40)31(17-30(24)47)49-13-11-48(12-14-49)22(3)52)37-44-45-39(57-37)43-38(55)42-29-20-51(23-7-8-23)32-25(35(29)54)16-28(41)33(36(32)56-5)50-10-9-46(4)21(2)18-50/h15-17,19-21,23H,6-14,18H2,1-5H3,(H2,42,43,45,55). The van der Waals surface area contributed by atoms with Gasteiger partial charge in [-0.15, -0.1) is 5.10 Å². The van der Waals surface area contributed by atoms with Gasteiger partial charge >= 0.3 is 12.0 Å². The van der Waals surface area contributed by atoms with Crippen LogP contribution >= 0.6 is 0 Å². The minimum absolute atomic E-state index is 0.00393. The van der Waals surface area contributed by atoms with E-state index in [4.69, 9.17) is 9.15 Å². The van der Waals surface area contributed by atoms with E-state index < -0.39 is 28.5 Å². The monoisotopic (exact) mass is 786 g/mol. The number of urea groups is 1. The quantitative estimate of drug-likeness (QED) is 0.228. The van der Waals surface area contributed by atoms with Gasteiger partial charge in [-0.05, 0) is 51.9 Å². The number of piperazine rings is 2. The number of nitrogens with zero attached hydrogens (tertiary/aromatic N) is 8. The third-order valence-corrected chi connectivity index (χ3v) is 11.3. The van der Waals surface area contributed by atoms with Gasteiger partial charge in [0.25, 0.3) is 5.89 Å². The van der Waals surface area contributed by atoms with Crippen LogP contribution in [0.1, 0.15) is 39.7 Å². The van der Waals surface area contributed by atoms with Crippen LogP contribution in [0.15, 0.2) is 44.6 Å². The number of carbonyl (C=O) groups excluding carboxylic acids is 2. The first-order valence-corrected chi connectivity index (χ1v) is 19.1. The smallest absolute Gasteiger partial charge is 0.327 e. The maximum absolute atomic E-state index is 16.0. The lowest BCUT2D eigenvalue weighted by atomic mass is 10.1. The number of likely N-dealkylation sites (N-methyl/N-ethyl adjacent to an activating group) is 1. The van der Waals surface area contributed by atoms with E-state index in [2.05, 4.69) is 32.7 Å². The fourth-order valence-electron chi connectivity index (χ4n) is 7.86. The van der Waals surface area contributed by atoms with Crippen molar-refractivity contribution < 1.29 is 27.5 Å². The van der Waals surface area contributed by atoms with Crippen molar-refractivity contribution in [3.8, 4) is 17.2 Å². The molecule has 1 aliphatic carbocycles. The number of nitrogens with one attached hydrogen (secondary N) is 2. The number of carbonyl (C=O) groups is 2. The Morgan fingerprint density at radius 2 is 1.65 bits per heavy atom. The van der Waals surface area contributed by atoms with Crippen molar-refractivity contribution in [2.24, 2.45) is 0 Å². The Kier molecular flexibility index (Phi) is 9.83. The summed E-state index contributed by atoms with van der Waals surface area (Å²) in [6.07, 6.45) is 4.74. The molecule has 1 unspecified atom stereocenters. The highest BCUT2D eigenvalue weighted by atomic mass is 19.1. The van der Waals surface area contributed by atoms with Gasteiger partial charge in [0.2, 0.25) is 16.8 Å². The molecule has 2 N–H and O–H groups in total. The third-order valence-electron chi connectivity index (χ3n) is 11.3. The van der Waals surface area contributed by atoms with E-state index in [1.54, 1.807) is 15.5 Å². The number of hydrogen-bond donors (Lipinski definition) is 2. The molecule has 5 heterocycles. The Balaban J connectivity index is 1.05. The number of aromatic nitrogens is 4. The molecule has 3 aromatic heterocycles. The largest absolute Gasteiger partial charge is 0.492 e. The number of rotatable bonds is 8. The Bertz CT molecular complexity index is 2540. The summed E-state index contributed by atoms with van der Waals surface area (Å²) in [5.74, 6) is -1.16. The number of methoxy groups -OCH3 is 1. The summed E-state index contributed by atoms with van der Waals surface area (Å²) in [6.45, 7) is 9.60. The van der Waals surface area contributed by atoms with Crippen molar-refractivity contribution in [2.45, 2.75) is 52.2 Å². The zero-order valence-corrected chi connectivity index (χ0v) is 32.4. The van der Waals surface area contributed by atoms with Crippen molar-refractivity contribution in [1.29, 1.82) is 0 Å². The fourth-order valence-corrected chi connectivity index (χ4v) is 7.86. The number of amides is 3. The second kappa shape index (κ2) is 14.8. The van der Waals surface area contributed by atoms with Gasteiger partial charge in [0.15, 0.2) is 11.6 Å². The second-order valence-corrected chi connectivity index (χ2v) is 14.9. The number of fused-ring (bicyclic) bond motifs is 2. The molecule has 18 heteroatoms. The summed E-state index contributed by atoms with van der Waals surface area (Å²) >= 11 is 0. The first kappa shape index (κ1) is 37.9. The average molecular weight is 787 g/mol. The van der Waals surface area contributed by atoms with E-state index in [0.29, 0.717) is 68.2 Å². The lowest BCUT2D eigenvalue weighted by Gasteiger charge is -2.39. The molecule has 2 saturated heterocycles. The minimum atomic E-state index is -0.886. The molecule has 57 heavy (non-hydrogen) atoms. The van der Waals surface area contributed by atoms with Gasteiger partial charge in [-0.1, -0.05) is 5.10 Å². The molecule has 1 atom stereocenters. The topological polar surface area (TPSA) is 163 Å². The maximum atomic E-state index is 16.0. The summed E-state index contributed by atoms with van der Waals surface area (Å²) in [6, 6.07) is 2.98. The molecule has 5 aromatic rings. The fraction of sp³-hybridized carbons (Fsp3) is 0.436. The molecule has 16 nitrogen and oxygen atoms in total. The van der Waals surface area contributed by atoms with Gasteiger partial charge in [-0.2, -0.15) is 0 Å². The molecule has 3 fully saturated rings. The first-order valence-electron chi connectivity index (χ1n) is 19.1. The minimum Gasteiger partial charge on any atom is -0.492 e. The van der Waals surface area contributed by atoms with Crippen molar-refractivity contribution >= 4 is 56.8 Å². The molecule has 0 spiro atoms. The number of pyridine rings is 2. The van der Waals surface area contributed by atoms with Gasteiger partial charge < -0.3 is 43.2 Å². The number of hydrogen-bond acceptors (Lipinski definition) is 11. The average Bonchev–Trinajstić information content (AvgIpc) is 3.94. The van der Waals surface area contributed by atoms with Gasteiger partial charge in [0, 0.05) is 89.1 Å². The second-order valence-electron chi connectivity index (χ2n) is 14.9. The van der Waals surface area contributed by atoms with Crippen LogP contribution < -0.4 is 36.0 Å². The third kappa shape index (κ3) is 6.91. The molecule has 0 radical (unpaired) electrons. The lowest BCUT2D eigenvalue weighted by molar-refractivity contribution is -0.129. The highest BCUT2D eigenvalue weighted by Gasteiger charge is 2.33. The van der Waals surface area contributed by atoms with Crippen molar-refractivity contribution in [2.75, 3.05) is 80.4 Å². The molecule has 2 aliphatic heterocycles. The zero-order chi connectivity index (χ0) is 40.3. The molecule has 300 valence electrons. The Morgan fingerprint density at radius 3 is 2.32 bits per heavy atom. The van der Waals surface area contributed by atoms with Crippen molar-refractivity contribution in [3.63, 3.8) is 0 Å². The highest BCUT2D eigenvalue weighted by molar-refractivity contribution is 6.01. The molecular weight excluding hydrogens is 742 g/mol. The van der Waals surface area contributed by atoms with Gasteiger partial charge in [0.05, 0.1) is 29.2 Å². The van der Waals surface area contributed by atoms with E-state index in [-0.39, 0.29) is 57.7 Å². The van der Waals surface area contributed by atoms with E-state index >= 15 is 8.78 Å². The molecule has 3 aliphatic rings. The van der Waals surface area contributed by atoms with Crippen molar-refractivity contribution in [1.82, 2.24) is 29.1 Å². The van der Waals surface area contributed by atoms with Crippen LogP contribution in [0, 0.1) is 11.6 Å². The van der Waals surface area contributed by atoms with Crippen LogP contribution in [0.4, 0.5) is 36.7 Å². The van der Waals surface area contributed by atoms with Crippen molar-refractivity contribution in [3.05, 3.63) is 62.7 Å². The predicted octanol–water partition coefficient (Wildman–Crippen LogP) is 4.46. The van der Waals surface area contributed by atoms with E-state index in [9.17, 15) is 19.2 Å². The molecule has 8 rings (SSSR count). The SMILES string of the molecule is CCn1cc(-c2nnc(NC(=O)Nc3cn(C4CC4)c4c(OC)c(N5CCN(C)C(C)C5)c(F)cc4c3=O)o2)c(=O)c2cc(F)c(N3CCN(C(C)=O)CC3)cc21. The molecule has 0 bridgehead atoms. The number of anilines is 4. The normalized spacial score (nSPS) is 17.7. The molecule has 2 aromatic carbocycles. The van der Waals surface area contributed by atoms with Crippen LogP contribution in [0.2, 0.25) is 0 Å². The first-order chi connectivity index (χ1) is 27.4. The Morgan fingerprint density at radius 1 is 0.930 bits per heavy atom. The highest BCUT2D eigenvalue weighted by Crippen LogP contribution is 2.44. The summed E-state index contributed by atoms with van der Waals surface area (Å²) < 4.78 is 46.7. The lowest BCUT2D eigenvalue weighted by Crippen LogP contribution is -2.50. The zero-order valence-electron chi connectivity index (χ0n) is 32.4. The van der Waals surface area contributed by atoms with Gasteiger partial charge in [-0.25, -0.2) is 13.6 Å². The number of aryl methyl sites for hydroxylation is 1. The van der Waals surface area contributed by atoms with Crippen LogP contribution in [-0.4, -0.2) is 107 Å². The van der Waals surface area contributed by atoms with Crippen LogP contribution in [0.5, 0.6) is 5.75 Å². The number of ether oxygens (including phenoxy) is 1. The van der Waals surface area contributed by atoms with Crippen LogP contribution in [0.3, 0.4) is 0 Å². The summed E-state index contributed by atoms with van der Waals surface area (Å²) in [4.78, 5) is 60.3. The Hall–Kier alpha value is -6.04. The van der Waals surface area contributed by atoms with E-state index in [0.717, 1.165) is 19.4 Å². The molecule has 3 amide bonds. The summed E-state index contributed by atoms with van der Waals surface area (Å²) in [7, 11) is 3.49. The summed E-state index contributed by atoms with van der Waals surface area (Å²) in [5.41, 5.74) is 0.333. The predicted molar refractivity (Wildman–Crippen MR) is 212 cm³/mol. The maximum Gasteiger partial charge on any atom is 0.327 e. The van der Waals surface area contributed by atoms with Crippen LogP contribution in [-0.2, 0) is 11.3 Å². The molecular formula is C39H44F2N10O6. The van der Waals surface area contributed by atoms with Gasteiger partial charge in [0.1, 0.15) is 22.8 Å². The molecule has 1 saturated carbocycles. The van der Waals surface area contributed by atoms with E-state index in [1.165, 1.54) is 38.6 Å².